The Bertz CT molecular complexity index is 453. The van der Waals surface area contributed by atoms with Crippen molar-refractivity contribution >= 4 is 29.3 Å². The van der Waals surface area contributed by atoms with E-state index in [0.29, 0.717) is 11.6 Å². The van der Waals surface area contributed by atoms with Gasteiger partial charge in [-0.15, -0.1) is 11.8 Å². The molecule has 1 aliphatic rings. The zero-order chi connectivity index (χ0) is 12.3. The van der Waals surface area contributed by atoms with Crippen LogP contribution in [0.1, 0.15) is 0 Å². The van der Waals surface area contributed by atoms with Crippen molar-refractivity contribution in [3.63, 3.8) is 0 Å². The average Bonchev–Trinajstić information content (AvgIpc) is 2.68. The summed E-state index contributed by atoms with van der Waals surface area (Å²) < 4.78 is 13.2. The average molecular weight is 254 g/mol. The van der Waals surface area contributed by atoms with Crippen LogP contribution in [0, 0.1) is 5.82 Å². The van der Waals surface area contributed by atoms with E-state index >= 15 is 0 Å². The lowest BCUT2D eigenvalue weighted by Crippen LogP contribution is -2.34. The number of rotatable bonds is 3. The van der Waals surface area contributed by atoms with Crippen molar-refractivity contribution in [2.45, 2.75) is 0 Å². The summed E-state index contributed by atoms with van der Waals surface area (Å²) in [6, 6.07) is 5.93. The molecule has 0 aliphatic carbocycles. The maximum absolute atomic E-state index is 13.2. The van der Waals surface area contributed by atoms with Crippen molar-refractivity contribution in [1.82, 2.24) is 4.90 Å². The van der Waals surface area contributed by atoms with E-state index in [1.165, 1.54) is 28.8 Å². The van der Waals surface area contributed by atoms with Gasteiger partial charge < -0.3 is 10.2 Å². The van der Waals surface area contributed by atoms with Crippen molar-refractivity contribution in [2.24, 2.45) is 0 Å². The number of amides is 2. The summed E-state index contributed by atoms with van der Waals surface area (Å²) in [7, 11) is 0. The van der Waals surface area contributed by atoms with Crippen LogP contribution in [0.2, 0.25) is 0 Å². The Hall–Kier alpha value is -1.56. The normalized spacial score (nSPS) is 15.1. The van der Waals surface area contributed by atoms with E-state index in [1.807, 2.05) is 0 Å². The molecule has 0 saturated carbocycles. The minimum atomic E-state index is -0.483. The van der Waals surface area contributed by atoms with Gasteiger partial charge in [0.05, 0.1) is 17.3 Å². The Morgan fingerprint density at radius 3 is 2.88 bits per heavy atom. The van der Waals surface area contributed by atoms with Crippen molar-refractivity contribution in [1.29, 1.82) is 0 Å². The molecule has 1 heterocycles. The molecule has 1 aliphatic heterocycles. The van der Waals surface area contributed by atoms with Crippen molar-refractivity contribution in [2.75, 3.05) is 23.5 Å². The maximum Gasteiger partial charge on any atom is 0.244 e. The molecular formula is C11H11FN2O2S. The molecule has 0 atom stereocenters. The molecule has 0 bridgehead atoms. The van der Waals surface area contributed by atoms with Gasteiger partial charge in [-0.25, -0.2) is 4.39 Å². The Morgan fingerprint density at radius 2 is 2.24 bits per heavy atom. The van der Waals surface area contributed by atoms with Gasteiger partial charge in [0.1, 0.15) is 12.4 Å². The lowest BCUT2D eigenvalue weighted by atomic mass is 10.3. The van der Waals surface area contributed by atoms with E-state index in [9.17, 15) is 14.0 Å². The van der Waals surface area contributed by atoms with Crippen LogP contribution < -0.4 is 5.32 Å². The van der Waals surface area contributed by atoms with Gasteiger partial charge in [-0.05, 0) is 12.1 Å². The maximum atomic E-state index is 13.2. The van der Waals surface area contributed by atoms with Crippen molar-refractivity contribution in [3.8, 4) is 0 Å². The van der Waals surface area contributed by atoms with Crippen LogP contribution in [-0.2, 0) is 9.59 Å². The standard InChI is InChI=1S/C11H11FN2O2S/c12-8-3-1-2-4-9(8)13-10(15)5-14-7-17-6-11(14)16/h1-4H,5-7H2,(H,13,15). The number of hydrogen-bond donors (Lipinski definition) is 1. The molecule has 1 saturated heterocycles. The number of halogens is 1. The summed E-state index contributed by atoms with van der Waals surface area (Å²) >= 11 is 1.46. The molecule has 2 amide bonds. The topological polar surface area (TPSA) is 49.4 Å². The first-order chi connectivity index (χ1) is 8.16. The quantitative estimate of drug-likeness (QED) is 0.884. The number of hydrogen-bond acceptors (Lipinski definition) is 3. The number of nitrogens with zero attached hydrogens (tertiary/aromatic N) is 1. The molecular weight excluding hydrogens is 243 g/mol. The van der Waals surface area contributed by atoms with E-state index in [-0.39, 0.29) is 24.0 Å². The number of anilines is 1. The Balaban J connectivity index is 1.93. The Morgan fingerprint density at radius 1 is 1.47 bits per heavy atom. The second-order valence-electron chi connectivity index (χ2n) is 3.60. The first-order valence-corrected chi connectivity index (χ1v) is 6.22. The predicted octanol–water partition coefficient (Wildman–Crippen LogP) is 1.30. The zero-order valence-electron chi connectivity index (χ0n) is 8.98. The van der Waals surface area contributed by atoms with Crippen LogP contribution in [0.3, 0.4) is 0 Å². The summed E-state index contributed by atoms with van der Waals surface area (Å²) in [6.07, 6.45) is 0. The number of para-hydroxylation sites is 1. The van der Waals surface area contributed by atoms with Crippen molar-refractivity contribution in [3.05, 3.63) is 30.1 Å². The third-order valence-corrected chi connectivity index (χ3v) is 3.25. The third kappa shape index (κ3) is 2.97. The van der Waals surface area contributed by atoms with Crippen LogP contribution in [0.4, 0.5) is 10.1 Å². The van der Waals surface area contributed by atoms with Crippen LogP contribution in [0.15, 0.2) is 24.3 Å². The van der Waals surface area contributed by atoms with Gasteiger partial charge in [0.2, 0.25) is 11.8 Å². The number of carbonyl (C=O) groups excluding carboxylic acids is 2. The zero-order valence-corrected chi connectivity index (χ0v) is 9.80. The molecule has 1 aromatic carbocycles. The monoisotopic (exact) mass is 254 g/mol. The highest BCUT2D eigenvalue weighted by Gasteiger charge is 2.23. The number of nitrogens with one attached hydrogen (secondary N) is 1. The van der Waals surface area contributed by atoms with Crippen LogP contribution in [-0.4, -0.2) is 34.9 Å². The van der Waals surface area contributed by atoms with E-state index < -0.39 is 5.82 Å². The fourth-order valence-electron chi connectivity index (χ4n) is 1.47. The SMILES string of the molecule is O=C(CN1CSCC1=O)Nc1ccccc1F. The summed E-state index contributed by atoms with van der Waals surface area (Å²) in [5.74, 6) is 0.00357. The van der Waals surface area contributed by atoms with Gasteiger partial charge in [-0.3, -0.25) is 9.59 Å². The largest absolute Gasteiger partial charge is 0.323 e. The van der Waals surface area contributed by atoms with Gasteiger partial charge in [0.15, 0.2) is 0 Å². The number of thioether (sulfide) groups is 1. The predicted molar refractivity (Wildman–Crippen MR) is 64.1 cm³/mol. The molecule has 17 heavy (non-hydrogen) atoms. The van der Waals surface area contributed by atoms with E-state index in [0.717, 1.165) is 0 Å². The minimum Gasteiger partial charge on any atom is -0.323 e. The molecule has 0 unspecified atom stereocenters. The Kier molecular flexibility index (Phi) is 3.63. The van der Waals surface area contributed by atoms with E-state index in [1.54, 1.807) is 12.1 Å². The minimum absolute atomic E-state index is 0.0276. The summed E-state index contributed by atoms with van der Waals surface area (Å²) in [5.41, 5.74) is 0.136. The molecule has 0 aromatic heterocycles. The lowest BCUT2D eigenvalue weighted by Gasteiger charge is -2.14. The van der Waals surface area contributed by atoms with E-state index in [4.69, 9.17) is 0 Å². The molecule has 2 rings (SSSR count). The molecule has 1 aromatic rings. The Labute approximate surface area is 102 Å². The fourth-order valence-corrected chi connectivity index (χ4v) is 2.37. The summed E-state index contributed by atoms with van der Waals surface area (Å²) in [4.78, 5) is 24.3. The highest BCUT2D eigenvalue weighted by atomic mass is 32.2. The lowest BCUT2D eigenvalue weighted by molar-refractivity contribution is -0.130. The second-order valence-corrected chi connectivity index (χ2v) is 4.55. The highest BCUT2D eigenvalue weighted by molar-refractivity contribution is 8.00. The van der Waals surface area contributed by atoms with E-state index in [2.05, 4.69) is 5.32 Å². The van der Waals surface area contributed by atoms with Crippen molar-refractivity contribution < 1.29 is 14.0 Å². The molecule has 1 N–H and O–H groups in total. The fraction of sp³-hybridized carbons (Fsp3) is 0.273. The first-order valence-electron chi connectivity index (χ1n) is 5.07. The van der Waals surface area contributed by atoms with Gasteiger partial charge >= 0.3 is 0 Å². The third-order valence-electron chi connectivity index (χ3n) is 2.31. The molecule has 0 radical (unpaired) electrons. The molecule has 4 nitrogen and oxygen atoms in total. The second kappa shape index (κ2) is 5.18. The van der Waals surface area contributed by atoms with Gasteiger partial charge in [0.25, 0.3) is 0 Å². The highest BCUT2D eigenvalue weighted by Crippen LogP contribution is 2.15. The molecule has 6 heteroatoms. The van der Waals surface area contributed by atoms with Crippen LogP contribution >= 0.6 is 11.8 Å². The van der Waals surface area contributed by atoms with Crippen LogP contribution in [0.5, 0.6) is 0 Å². The van der Waals surface area contributed by atoms with Gasteiger partial charge in [-0.1, -0.05) is 12.1 Å². The smallest absolute Gasteiger partial charge is 0.244 e. The molecule has 1 fully saturated rings. The number of benzene rings is 1. The summed E-state index contributed by atoms with van der Waals surface area (Å²) in [5, 5.41) is 2.44. The van der Waals surface area contributed by atoms with Crippen LogP contribution in [0.25, 0.3) is 0 Å². The number of carbonyl (C=O) groups is 2. The van der Waals surface area contributed by atoms with Gasteiger partial charge in [-0.2, -0.15) is 0 Å². The molecule has 0 spiro atoms. The summed E-state index contributed by atoms with van der Waals surface area (Å²) in [6.45, 7) is -0.0276. The first kappa shape index (κ1) is 11.9. The molecule has 90 valence electrons. The van der Waals surface area contributed by atoms with Gasteiger partial charge in [0, 0.05) is 0 Å².